The summed E-state index contributed by atoms with van der Waals surface area (Å²) in [4.78, 5) is 10.8. The summed E-state index contributed by atoms with van der Waals surface area (Å²) in [6.45, 7) is 6.52. The molecule has 0 radical (unpaired) electrons. The van der Waals surface area contributed by atoms with Gasteiger partial charge in [0.05, 0.1) is 5.92 Å². The fourth-order valence-electron chi connectivity index (χ4n) is 1.72. The van der Waals surface area contributed by atoms with Gasteiger partial charge >= 0.3 is 5.97 Å². The molecular formula is C11H21NO2S. The Bertz CT molecular complexity index is 217. The molecule has 1 fully saturated rings. The van der Waals surface area contributed by atoms with Gasteiger partial charge in [0.25, 0.3) is 0 Å². The molecule has 1 saturated carbocycles. The van der Waals surface area contributed by atoms with Gasteiger partial charge in [-0.3, -0.25) is 9.52 Å². The smallest absolute Gasteiger partial charge is 0.306 e. The van der Waals surface area contributed by atoms with E-state index in [1.165, 1.54) is 0 Å². The van der Waals surface area contributed by atoms with Gasteiger partial charge in [-0.2, -0.15) is 0 Å². The number of carboxylic acid groups (broad SMARTS) is 1. The van der Waals surface area contributed by atoms with Crippen molar-refractivity contribution in [3.63, 3.8) is 0 Å². The van der Waals surface area contributed by atoms with Crippen LogP contribution in [-0.2, 0) is 4.79 Å². The summed E-state index contributed by atoms with van der Waals surface area (Å²) in [7, 11) is 0. The summed E-state index contributed by atoms with van der Waals surface area (Å²) in [6.07, 6.45) is 3.61. The van der Waals surface area contributed by atoms with Crippen molar-refractivity contribution in [2.24, 2.45) is 5.92 Å². The fourth-order valence-corrected chi connectivity index (χ4v) is 2.47. The van der Waals surface area contributed by atoms with E-state index in [1.54, 1.807) is 11.9 Å². The highest BCUT2D eigenvalue weighted by Gasteiger charge is 2.26. The average Bonchev–Trinajstić information content (AvgIpc) is 2.14. The topological polar surface area (TPSA) is 49.3 Å². The number of rotatable bonds is 3. The normalized spacial score (nSPS) is 27.7. The summed E-state index contributed by atoms with van der Waals surface area (Å²) in [5.74, 6) is -0.736. The van der Waals surface area contributed by atoms with Crippen molar-refractivity contribution >= 4 is 17.9 Å². The van der Waals surface area contributed by atoms with Gasteiger partial charge in [-0.05, 0) is 46.5 Å². The van der Waals surface area contributed by atoms with Crippen molar-refractivity contribution in [3.05, 3.63) is 0 Å². The molecule has 0 bridgehead atoms. The molecule has 4 heteroatoms. The SMILES string of the molecule is CC(C)(C)SNC1CCC(C(=O)O)CC1. The minimum atomic E-state index is -0.628. The van der Waals surface area contributed by atoms with Crippen molar-refractivity contribution < 1.29 is 9.90 Å². The molecule has 2 N–H and O–H groups in total. The third kappa shape index (κ3) is 4.89. The Morgan fingerprint density at radius 2 is 1.80 bits per heavy atom. The molecule has 3 nitrogen and oxygen atoms in total. The molecule has 0 heterocycles. The van der Waals surface area contributed by atoms with Crippen LogP contribution in [0.25, 0.3) is 0 Å². The summed E-state index contributed by atoms with van der Waals surface area (Å²) in [5.41, 5.74) is 0. The maximum absolute atomic E-state index is 10.8. The number of nitrogens with one attached hydrogen (secondary N) is 1. The minimum absolute atomic E-state index is 0.109. The van der Waals surface area contributed by atoms with Crippen LogP contribution in [-0.4, -0.2) is 21.9 Å². The molecule has 0 amide bonds. The van der Waals surface area contributed by atoms with E-state index in [4.69, 9.17) is 5.11 Å². The first-order valence-electron chi connectivity index (χ1n) is 5.55. The minimum Gasteiger partial charge on any atom is -0.481 e. The number of hydrogen-bond donors (Lipinski definition) is 2. The molecule has 1 rings (SSSR count). The van der Waals surface area contributed by atoms with E-state index >= 15 is 0 Å². The van der Waals surface area contributed by atoms with Gasteiger partial charge in [0, 0.05) is 10.8 Å². The van der Waals surface area contributed by atoms with Gasteiger partial charge in [0.2, 0.25) is 0 Å². The monoisotopic (exact) mass is 231 g/mol. The van der Waals surface area contributed by atoms with Crippen molar-refractivity contribution in [2.45, 2.75) is 57.2 Å². The highest BCUT2D eigenvalue weighted by Crippen LogP contribution is 2.28. The summed E-state index contributed by atoms with van der Waals surface area (Å²) in [5, 5.41) is 8.86. The number of carboxylic acids is 1. The largest absolute Gasteiger partial charge is 0.481 e. The molecule has 0 aromatic rings. The molecule has 0 aromatic carbocycles. The Morgan fingerprint density at radius 1 is 1.27 bits per heavy atom. The van der Waals surface area contributed by atoms with E-state index in [0.29, 0.717) is 6.04 Å². The summed E-state index contributed by atoms with van der Waals surface area (Å²) >= 11 is 1.75. The Hall–Kier alpha value is -0.220. The Labute approximate surface area is 96.1 Å². The molecule has 1 aliphatic carbocycles. The summed E-state index contributed by atoms with van der Waals surface area (Å²) in [6, 6.07) is 0.491. The Kier molecular flexibility index (Phi) is 4.46. The lowest BCUT2D eigenvalue weighted by Gasteiger charge is -2.29. The van der Waals surface area contributed by atoms with Gasteiger partial charge in [0.15, 0.2) is 0 Å². The van der Waals surface area contributed by atoms with Crippen LogP contribution < -0.4 is 4.72 Å². The van der Waals surface area contributed by atoms with E-state index < -0.39 is 5.97 Å². The van der Waals surface area contributed by atoms with Crippen LogP contribution in [0.4, 0.5) is 0 Å². The van der Waals surface area contributed by atoms with Gasteiger partial charge in [-0.25, -0.2) is 0 Å². The molecule has 0 aromatic heterocycles. The zero-order valence-corrected chi connectivity index (χ0v) is 10.6. The van der Waals surface area contributed by atoms with Gasteiger partial charge < -0.3 is 5.11 Å². The van der Waals surface area contributed by atoms with Crippen LogP contribution in [0.2, 0.25) is 0 Å². The molecule has 0 atom stereocenters. The number of carbonyl (C=O) groups is 1. The quantitative estimate of drug-likeness (QED) is 0.733. The lowest BCUT2D eigenvalue weighted by molar-refractivity contribution is -0.142. The lowest BCUT2D eigenvalue weighted by atomic mass is 9.87. The highest BCUT2D eigenvalue weighted by molar-refractivity contribution is 7.98. The molecule has 0 spiro atoms. The van der Waals surface area contributed by atoms with Crippen LogP contribution in [0, 0.1) is 5.92 Å². The molecular weight excluding hydrogens is 210 g/mol. The maximum atomic E-state index is 10.8. The third-order valence-corrected chi connectivity index (χ3v) is 3.67. The molecule has 0 aliphatic heterocycles. The fraction of sp³-hybridized carbons (Fsp3) is 0.909. The second-order valence-corrected chi connectivity index (χ2v) is 6.88. The molecule has 15 heavy (non-hydrogen) atoms. The van der Waals surface area contributed by atoms with E-state index in [9.17, 15) is 4.79 Å². The van der Waals surface area contributed by atoms with E-state index in [0.717, 1.165) is 25.7 Å². The molecule has 88 valence electrons. The lowest BCUT2D eigenvalue weighted by Crippen LogP contribution is -2.33. The van der Waals surface area contributed by atoms with Crippen LogP contribution in [0.15, 0.2) is 0 Å². The Morgan fingerprint density at radius 3 is 2.20 bits per heavy atom. The van der Waals surface area contributed by atoms with Gasteiger partial charge in [-0.15, -0.1) is 0 Å². The number of hydrogen-bond acceptors (Lipinski definition) is 3. The molecule has 0 saturated heterocycles. The highest BCUT2D eigenvalue weighted by atomic mass is 32.2. The zero-order chi connectivity index (χ0) is 11.5. The first kappa shape index (κ1) is 12.8. The Balaban J connectivity index is 2.23. The predicted octanol–water partition coefficient (Wildman–Crippen LogP) is 2.67. The second kappa shape index (κ2) is 5.21. The maximum Gasteiger partial charge on any atom is 0.306 e. The standard InChI is InChI=1S/C11H21NO2S/c1-11(2,3)15-12-9-6-4-8(5-7-9)10(13)14/h8-9,12H,4-7H2,1-3H3,(H,13,14). The van der Waals surface area contributed by atoms with Crippen LogP contribution in [0.5, 0.6) is 0 Å². The van der Waals surface area contributed by atoms with E-state index in [2.05, 4.69) is 25.5 Å². The second-order valence-electron chi connectivity index (χ2n) is 5.22. The van der Waals surface area contributed by atoms with Crippen molar-refractivity contribution in [2.75, 3.05) is 0 Å². The van der Waals surface area contributed by atoms with Gasteiger partial charge in [-0.1, -0.05) is 11.9 Å². The van der Waals surface area contributed by atoms with E-state index in [1.807, 2.05) is 0 Å². The van der Waals surface area contributed by atoms with Crippen LogP contribution in [0.3, 0.4) is 0 Å². The van der Waals surface area contributed by atoms with Crippen molar-refractivity contribution in [1.29, 1.82) is 0 Å². The van der Waals surface area contributed by atoms with Gasteiger partial charge in [0.1, 0.15) is 0 Å². The molecule has 0 unspecified atom stereocenters. The van der Waals surface area contributed by atoms with Crippen LogP contribution >= 0.6 is 11.9 Å². The first-order chi connectivity index (χ1) is 6.88. The van der Waals surface area contributed by atoms with Crippen LogP contribution in [0.1, 0.15) is 46.5 Å². The summed E-state index contributed by atoms with van der Waals surface area (Å²) < 4.78 is 3.67. The zero-order valence-electron chi connectivity index (χ0n) is 9.75. The van der Waals surface area contributed by atoms with E-state index in [-0.39, 0.29) is 10.7 Å². The third-order valence-electron chi connectivity index (χ3n) is 2.61. The predicted molar refractivity (Wildman–Crippen MR) is 63.9 cm³/mol. The van der Waals surface area contributed by atoms with Crippen molar-refractivity contribution in [3.8, 4) is 0 Å². The van der Waals surface area contributed by atoms with Crippen molar-refractivity contribution in [1.82, 2.24) is 4.72 Å². The molecule has 1 aliphatic rings. The first-order valence-corrected chi connectivity index (χ1v) is 6.36. The average molecular weight is 231 g/mol. The number of aliphatic carboxylic acids is 1.